The average Bonchev–Trinajstić information content (AvgIpc) is 3.02. The number of benzene rings is 3. The van der Waals surface area contributed by atoms with E-state index in [4.69, 9.17) is 0 Å². The number of anilines is 1. The number of halogens is 2. The van der Waals surface area contributed by atoms with Crippen LogP contribution < -0.4 is 4.90 Å². The first-order valence-electron chi connectivity index (χ1n) is 16.6. The largest absolute Gasteiger partial charge is 0.341 e. The maximum absolute atomic E-state index is 13.9. The Kier molecular flexibility index (Phi) is 14.3. The van der Waals surface area contributed by atoms with Crippen molar-refractivity contribution in [1.29, 1.82) is 0 Å². The number of piperidine rings is 1. The number of para-hydroxylation sites is 1. The summed E-state index contributed by atoms with van der Waals surface area (Å²) in [4.78, 5) is 4.77. The van der Waals surface area contributed by atoms with E-state index >= 15 is 0 Å². The van der Waals surface area contributed by atoms with Gasteiger partial charge in [-0.25, -0.2) is 4.39 Å². The molecular weight excluding hydrogens is 558 g/mol. The van der Waals surface area contributed by atoms with Crippen molar-refractivity contribution in [2.45, 2.75) is 73.8 Å². The molecule has 2 nitrogen and oxygen atoms in total. The average molecular weight is 613 g/mol. The Balaban J connectivity index is 0.00000102. The Morgan fingerprint density at radius 2 is 1.67 bits per heavy atom. The first-order chi connectivity index (χ1) is 21.6. The van der Waals surface area contributed by atoms with Crippen molar-refractivity contribution in [3.8, 4) is 0 Å². The maximum Gasteiger partial charge on any atom is 0.123 e. The summed E-state index contributed by atoms with van der Waals surface area (Å²) in [5.41, 5.74) is 9.88. The second-order valence-electron chi connectivity index (χ2n) is 12.8. The lowest BCUT2D eigenvalue weighted by Gasteiger charge is -2.38. The highest BCUT2D eigenvalue weighted by Gasteiger charge is 2.26. The van der Waals surface area contributed by atoms with Crippen molar-refractivity contribution in [1.82, 2.24) is 4.90 Å². The highest BCUT2D eigenvalue weighted by Crippen LogP contribution is 2.33. The molecule has 1 aliphatic rings. The fraction of sp³-hybridized carbons (Fsp3) is 0.415. The maximum atomic E-state index is 13.9. The standard InChI is InChI=1S/C36H42F2N2.C5H12/c1-6-34(32-11-9-12-33(38)23-32)35-15-14-30(22-28(35)4)25-39-20-17-31(18-21-39)29(5)40(24-26(2)16-19-37)36-13-8-7-10-27(36)3;1-4-5(2)3/h6-15,22-23,31H,2,5,16-21,24-25H2,1,3-4H3;5H,4H2,1-3H3/b34-6-;. The molecule has 0 unspecified atom stereocenters. The zero-order valence-electron chi connectivity index (χ0n) is 28.5. The molecule has 0 aliphatic carbocycles. The molecule has 4 rings (SSSR count). The van der Waals surface area contributed by atoms with Gasteiger partial charge in [-0.05, 0) is 111 Å². The van der Waals surface area contributed by atoms with Gasteiger partial charge in [0.05, 0.1) is 6.67 Å². The van der Waals surface area contributed by atoms with Crippen molar-refractivity contribution in [3.05, 3.63) is 131 Å². The molecule has 0 saturated carbocycles. The predicted octanol–water partition coefficient (Wildman–Crippen LogP) is 11.1. The fourth-order valence-corrected chi connectivity index (χ4v) is 5.81. The van der Waals surface area contributed by atoms with Gasteiger partial charge in [0.1, 0.15) is 5.82 Å². The number of alkyl halides is 1. The molecule has 1 aliphatic heterocycles. The van der Waals surface area contributed by atoms with Gasteiger partial charge in [0.25, 0.3) is 0 Å². The van der Waals surface area contributed by atoms with Gasteiger partial charge in [-0.15, -0.1) is 0 Å². The normalized spacial score (nSPS) is 14.2. The van der Waals surface area contributed by atoms with Crippen LogP contribution in [-0.4, -0.2) is 31.2 Å². The lowest BCUT2D eigenvalue weighted by molar-refractivity contribution is 0.190. The minimum atomic E-state index is -0.382. The van der Waals surface area contributed by atoms with Crippen LogP contribution in [0, 0.1) is 31.5 Å². The molecule has 3 aromatic rings. The number of rotatable bonds is 12. The van der Waals surface area contributed by atoms with Gasteiger partial charge >= 0.3 is 0 Å². The van der Waals surface area contributed by atoms with E-state index in [0.717, 1.165) is 72.1 Å². The van der Waals surface area contributed by atoms with Crippen molar-refractivity contribution in [3.63, 3.8) is 0 Å². The topological polar surface area (TPSA) is 6.48 Å². The zero-order valence-corrected chi connectivity index (χ0v) is 28.5. The van der Waals surface area contributed by atoms with Crippen molar-refractivity contribution >= 4 is 11.3 Å². The molecule has 3 aromatic carbocycles. The second-order valence-corrected chi connectivity index (χ2v) is 12.8. The second kappa shape index (κ2) is 17.8. The third-order valence-corrected chi connectivity index (χ3v) is 8.87. The highest BCUT2D eigenvalue weighted by molar-refractivity contribution is 5.81. The molecule has 1 heterocycles. The van der Waals surface area contributed by atoms with Crippen LogP contribution in [-0.2, 0) is 6.54 Å². The molecule has 1 saturated heterocycles. The van der Waals surface area contributed by atoms with Gasteiger partial charge in [0.2, 0.25) is 0 Å². The van der Waals surface area contributed by atoms with Crippen molar-refractivity contribution in [2.24, 2.45) is 11.8 Å². The third-order valence-electron chi connectivity index (χ3n) is 8.87. The van der Waals surface area contributed by atoms with Gasteiger partial charge < -0.3 is 4.90 Å². The minimum Gasteiger partial charge on any atom is -0.341 e. The van der Waals surface area contributed by atoms with Crippen molar-refractivity contribution in [2.75, 3.05) is 31.2 Å². The lowest BCUT2D eigenvalue weighted by atomic mass is 9.91. The summed E-state index contributed by atoms with van der Waals surface area (Å²) >= 11 is 0. The van der Waals surface area contributed by atoms with Gasteiger partial charge in [-0.1, -0.05) is 101 Å². The van der Waals surface area contributed by atoms with Crippen LogP contribution in [0.2, 0.25) is 0 Å². The number of allylic oxidation sites excluding steroid dienone is 2. The number of likely N-dealkylation sites (tertiary alicyclic amines) is 1. The number of nitrogens with zero attached hydrogens (tertiary/aromatic N) is 2. The molecule has 0 atom stereocenters. The molecule has 0 radical (unpaired) electrons. The van der Waals surface area contributed by atoms with Gasteiger partial charge in [0, 0.05) is 30.4 Å². The van der Waals surface area contributed by atoms with Crippen LogP contribution in [0.5, 0.6) is 0 Å². The Hall–Kier alpha value is -3.50. The molecule has 45 heavy (non-hydrogen) atoms. The first-order valence-corrected chi connectivity index (χ1v) is 16.6. The van der Waals surface area contributed by atoms with Crippen LogP contribution in [0.15, 0.2) is 97.2 Å². The molecular formula is C41H54F2N2. The molecule has 1 fully saturated rings. The van der Waals surface area contributed by atoms with E-state index in [1.165, 1.54) is 29.2 Å². The van der Waals surface area contributed by atoms with Crippen LogP contribution in [0.25, 0.3) is 5.57 Å². The quantitative estimate of drug-likeness (QED) is 0.188. The van der Waals surface area contributed by atoms with E-state index < -0.39 is 0 Å². The first kappa shape index (κ1) is 36.0. The van der Waals surface area contributed by atoms with Gasteiger partial charge in [-0.2, -0.15) is 0 Å². The van der Waals surface area contributed by atoms with E-state index in [-0.39, 0.29) is 12.5 Å². The molecule has 0 amide bonds. The van der Waals surface area contributed by atoms with Crippen LogP contribution in [0.3, 0.4) is 0 Å². The van der Waals surface area contributed by atoms with E-state index in [0.29, 0.717) is 18.9 Å². The van der Waals surface area contributed by atoms with E-state index in [1.54, 1.807) is 12.1 Å². The Labute approximate surface area is 272 Å². The Morgan fingerprint density at radius 3 is 2.24 bits per heavy atom. The SMILES string of the molecule is C=C(CCF)CN(C(=C)C1CCN(Cc2ccc(/C(=C\C)c3cccc(F)c3)c(C)c2)CC1)c1ccccc1C.CCC(C)C. The summed E-state index contributed by atoms with van der Waals surface area (Å²) in [6, 6.07) is 21.8. The molecule has 0 N–H and O–H groups in total. The third kappa shape index (κ3) is 10.5. The molecule has 0 bridgehead atoms. The predicted molar refractivity (Wildman–Crippen MR) is 191 cm³/mol. The lowest BCUT2D eigenvalue weighted by Crippen LogP contribution is -2.37. The molecule has 242 valence electrons. The smallest absolute Gasteiger partial charge is 0.123 e. The van der Waals surface area contributed by atoms with E-state index in [1.807, 2.05) is 25.1 Å². The van der Waals surface area contributed by atoms with E-state index in [2.05, 4.69) is 94.0 Å². The molecule has 4 heteroatoms. The monoisotopic (exact) mass is 612 g/mol. The Morgan fingerprint density at radius 1 is 0.978 bits per heavy atom. The van der Waals surface area contributed by atoms with Gasteiger partial charge in [-0.3, -0.25) is 9.29 Å². The summed E-state index contributed by atoms with van der Waals surface area (Å²) in [6.07, 6.45) is 5.82. The summed E-state index contributed by atoms with van der Waals surface area (Å²) in [5, 5.41) is 0. The summed E-state index contributed by atoms with van der Waals surface area (Å²) in [6.45, 7) is 24.7. The highest BCUT2D eigenvalue weighted by atomic mass is 19.1. The van der Waals surface area contributed by atoms with Crippen LogP contribution in [0.1, 0.15) is 81.2 Å². The van der Waals surface area contributed by atoms with Gasteiger partial charge in [0.15, 0.2) is 0 Å². The number of hydrogen-bond donors (Lipinski definition) is 0. The summed E-state index contributed by atoms with van der Waals surface area (Å²) in [7, 11) is 0. The van der Waals surface area contributed by atoms with Crippen molar-refractivity contribution < 1.29 is 8.78 Å². The fourth-order valence-electron chi connectivity index (χ4n) is 5.81. The minimum absolute atomic E-state index is 0.219. The number of hydrogen-bond acceptors (Lipinski definition) is 2. The molecule has 0 spiro atoms. The number of aryl methyl sites for hydroxylation is 2. The van der Waals surface area contributed by atoms with E-state index in [9.17, 15) is 8.78 Å². The van der Waals surface area contributed by atoms with Crippen LogP contribution in [0.4, 0.5) is 14.5 Å². The summed E-state index contributed by atoms with van der Waals surface area (Å²) < 4.78 is 26.9. The van der Waals surface area contributed by atoms with Crippen LogP contribution >= 0.6 is 0 Å². The zero-order chi connectivity index (χ0) is 32.9. The summed E-state index contributed by atoms with van der Waals surface area (Å²) in [5.74, 6) is 1.04. The molecule has 0 aromatic heterocycles. The Bertz CT molecular complexity index is 1430.